The second kappa shape index (κ2) is 9.83. The second-order valence-corrected chi connectivity index (χ2v) is 5.75. The van der Waals surface area contributed by atoms with E-state index in [0.29, 0.717) is 29.7 Å². The molecule has 128 valence electrons. The average molecular weight is 348 g/mol. The molecule has 24 heavy (non-hydrogen) atoms. The monoisotopic (exact) mass is 347 g/mol. The van der Waals surface area contributed by atoms with Crippen LogP contribution in [-0.2, 0) is 11.2 Å². The average Bonchev–Trinajstić information content (AvgIpc) is 2.60. The summed E-state index contributed by atoms with van der Waals surface area (Å²) in [7, 11) is 0. The lowest BCUT2D eigenvalue weighted by Crippen LogP contribution is -2.30. The Morgan fingerprint density at radius 1 is 1.04 bits per heavy atom. The van der Waals surface area contributed by atoms with Gasteiger partial charge in [0.15, 0.2) is 18.1 Å². The third kappa shape index (κ3) is 6.13. The topological polar surface area (TPSA) is 47.6 Å². The number of benzene rings is 2. The van der Waals surface area contributed by atoms with Gasteiger partial charge in [-0.25, -0.2) is 0 Å². The van der Waals surface area contributed by atoms with Gasteiger partial charge in [0.25, 0.3) is 5.91 Å². The van der Waals surface area contributed by atoms with E-state index in [0.717, 1.165) is 18.4 Å². The van der Waals surface area contributed by atoms with Crippen LogP contribution in [-0.4, -0.2) is 25.7 Å². The Morgan fingerprint density at radius 3 is 2.38 bits per heavy atom. The van der Waals surface area contributed by atoms with Gasteiger partial charge in [-0.1, -0.05) is 42.8 Å². The predicted molar refractivity (Wildman–Crippen MR) is 95.9 cm³/mol. The van der Waals surface area contributed by atoms with Crippen LogP contribution in [0.1, 0.15) is 18.9 Å². The summed E-state index contributed by atoms with van der Waals surface area (Å²) in [5, 5.41) is 3.55. The molecule has 0 aliphatic rings. The van der Waals surface area contributed by atoms with E-state index in [4.69, 9.17) is 21.1 Å². The van der Waals surface area contributed by atoms with Crippen LogP contribution in [0, 0.1) is 0 Å². The van der Waals surface area contributed by atoms with E-state index in [1.807, 2.05) is 49.4 Å². The lowest BCUT2D eigenvalue weighted by molar-refractivity contribution is -0.123. The van der Waals surface area contributed by atoms with Gasteiger partial charge in [0.1, 0.15) is 0 Å². The first-order valence-electron chi connectivity index (χ1n) is 8.05. The molecule has 0 saturated carbocycles. The number of ether oxygens (including phenoxy) is 2. The quantitative estimate of drug-likeness (QED) is 0.749. The first-order chi connectivity index (χ1) is 11.7. The minimum absolute atomic E-state index is 0.0346. The summed E-state index contributed by atoms with van der Waals surface area (Å²) in [6.45, 7) is 3.18. The minimum Gasteiger partial charge on any atom is -0.490 e. The van der Waals surface area contributed by atoms with Crippen LogP contribution in [0.3, 0.4) is 0 Å². The largest absolute Gasteiger partial charge is 0.490 e. The fourth-order valence-corrected chi connectivity index (χ4v) is 2.22. The number of amides is 1. The van der Waals surface area contributed by atoms with Crippen molar-refractivity contribution in [2.75, 3.05) is 19.8 Å². The Bertz CT molecular complexity index is 643. The van der Waals surface area contributed by atoms with E-state index >= 15 is 0 Å². The third-order valence-corrected chi connectivity index (χ3v) is 3.57. The maximum absolute atomic E-state index is 11.9. The number of nitrogens with one attached hydrogen (secondary N) is 1. The summed E-state index contributed by atoms with van der Waals surface area (Å²) < 4.78 is 11.2. The highest BCUT2D eigenvalue weighted by Gasteiger charge is 2.07. The van der Waals surface area contributed by atoms with Crippen LogP contribution in [0.25, 0.3) is 0 Å². The summed E-state index contributed by atoms with van der Waals surface area (Å²) in [5.41, 5.74) is 1.12. The van der Waals surface area contributed by atoms with Gasteiger partial charge in [-0.15, -0.1) is 0 Å². The van der Waals surface area contributed by atoms with Crippen molar-refractivity contribution in [3.63, 3.8) is 0 Å². The Kier molecular flexibility index (Phi) is 7.43. The van der Waals surface area contributed by atoms with E-state index in [1.165, 1.54) is 0 Å². The van der Waals surface area contributed by atoms with Gasteiger partial charge in [-0.3, -0.25) is 4.79 Å². The zero-order valence-corrected chi connectivity index (χ0v) is 14.5. The molecule has 5 heteroatoms. The molecule has 0 aliphatic carbocycles. The molecule has 0 saturated heterocycles. The van der Waals surface area contributed by atoms with Gasteiger partial charge in [0.2, 0.25) is 0 Å². The number of halogens is 1. The molecule has 2 aromatic rings. The molecule has 0 atom stereocenters. The van der Waals surface area contributed by atoms with Crippen LogP contribution >= 0.6 is 11.6 Å². The molecule has 0 aromatic heterocycles. The standard InChI is InChI=1S/C19H22ClNO3/c1-2-13-23-17-5-3-4-6-18(17)24-14-19(22)21-12-11-15-7-9-16(20)10-8-15/h3-10H,2,11-14H2,1H3,(H,21,22). The van der Waals surface area contributed by atoms with Crippen molar-refractivity contribution in [2.45, 2.75) is 19.8 Å². The van der Waals surface area contributed by atoms with Crippen LogP contribution in [0.15, 0.2) is 48.5 Å². The van der Waals surface area contributed by atoms with Crippen molar-refractivity contribution in [1.82, 2.24) is 5.32 Å². The Morgan fingerprint density at radius 2 is 1.71 bits per heavy atom. The summed E-state index contributed by atoms with van der Waals surface area (Å²) in [5.74, 6) is 1.08. The number of rotatable bonds is 9. The second-order valence-electron chi connectivity index (χ2n) is 5.31. The van der Waals surface area contributed by atoms with Crippen LogP contribution in [0.2, 0.25) is 5.02 Å². The zero-order chi connectivity index (χ0) is 17.2. The highest BCUT2D eigenvalue weighted by Crippen LogP contribution is 2.26. The Balaban J connectivity index is 1.74. The van der Waals surface area contributed by atoms with Crippen molar-refractivity contribution in [1.29, 1.82) is 0 Å². The van der Waals surface area contributed by atoms with Crippen molar-refractivity contribution < 1.29 is 14.3 Å². The van der Waals surface area contributed by atoms with Crippen LogP contribution in [0.5, 0.6) is 11.5 Å². The SMILES string of the molecule is CCCOc1ccccc1OCC(=O)NCCc1ccc(Cl)cc1. The fourth-order valence-electron chi connectivity index (χ4n) is 2.09. The molecule has 1 N–H and O–H groups in total. The molecule has 0 fully saturated rings. The molecule has 4 nitrogen and oxygen atoms in total. The van der Waals surface area contributed by atoms with Gasteiger partial charge < -0.3 is 14.8 Å². The molecule has 0 radical (unpaired) electrons. The maximum Gasteiger partial charge on any atom is 0.257 e. The van der Waals surface area contributed by atoms with E-state index in [9.17, 15) is 4.79 Å². The van der Waals surface area contributed by atoms with Gasteiger partial charge in [-0.05, 0) is 42.7 Å². The van der Waals surface area contributed by atoms with Crippen LogP contribution < -0.4 is 14.8 Å². The summed E-state index contributed by atoms with van der Waals surface area (Å²) in [6.07, 6.45) is 1.67. The molecule has 2 rings (SSSR count). The fraction of sp³-hybridized carbons (Fsp3) is 0.316. The molecule has 0 unspecified atom stereocenters. The van der Waals surface area contributed by atoms with Crippen molar-refractivity contribution in [3.8, 4) is 11.5 Å². The number of hydrogen-bond donors (Lipinski definition) is 1. The predicted octanol–water partition coefficient (Wildman–Crippen LogP) is 3.87. The van der Waals surface area contributed by atoms with Crippen molar-refractivity contribution in [3.05, 3.63) is 59.1 Å². The summed E-state index contributed by atoms with van der Waals surface area (Å²) in [4.78, 5) is 11.9. The lowest BCUT2D eigenvalue weighted by Gasteiger charge is -2.12. The smallest absolute Gasteiger partial charge is 0.257 e. The molecule has 0 heterocycles. The first-order valence-corrected chi connectivity index (χ1v) is 8.42. The number of hydrogen-bond acceptors (Lipinski definition) is 3. The number of carbonyl (C=O) groups excluding carboxylic acids is 1. The molecular weight excluding hydrogens is 326 g/mol. The van der Waals surface area contributed by atoms with Crippen molar-refractivity contribution in [2.24, 2.45) is 0 Å². The Labute approximate surface area is 147 Å². The number of para-hydroxylation sites is 2. The summed E-state index contributed by atoms with van der Waals surface area (Å²) in [6, 6.07) is 15.0. The lowest BCUT2D eigenvalue weighted by atomic mass is 10.1. The number of carbonyl (C=O) groups is 1. The normalized spacial score (nSPS) is 10.2. The van der Waals surface area contributed by atoms with Gasteiger partial charge in [0, 0.05) is 11.6 Å². The van der Waals surface area contributed by atoms with Crippen LogP contribution in [0.4, 0.5) is 0 Å². The van der Waals surface area contributed by atoms with Gasteiger partial charge in [-0.2, -0.15) is 0 Å². The highest BCUT2D eigenvalue weighted by atomic mass is 35.5. The highest BCUT2D eigenvalue weighted by molar-refractivity contribution is 6.30. The van der Waals surface area contributed by atoms with Crippen molar-refractivity contribution >= 4 is 17.5 Å². The first kappa shape index (κ1) is 18.1. The van der Waals surface area contributed by atoms with Gasteiger partial charge >= 0.3 is 0 Å². The summed E-state index contributed by atoms with van der Waals surface area (Å²) >= 11 is 5.84. The van der Waals surface area contributed by atoms with Gasteiger partial charge in [0.05, 0.1) is 6.61 Å². The molecule has 0 spiro atoms. The molecule has 0 bridgehead atoms. The van der Waals surface area contributed by atoms with E-state index in [1.54, 1.807) is 6.07 Å². The minimum atomic E-state index is -0.158. The maximum atomic E-state index is 11.9. The molecular formula is C19H22ClNO3. The molecule has 1 amide bonds. The zero-order valence-electron chi connectivity index (χ0n) is 13.8. The van der Waals surface area contributed by atoms with E-state index in [2.05, 4.69) is 5.32 Å². The molecule has 2 aromatic carbocycles. The molecule has 0 aliphatic heterocycles. The van der Waals surface area contributed by atoms with E-state index < -0.39 is 0 Å². The third-order valence-electron chi connectivity index (χ3n) is 3.32. The Hall–Kier alpha value is -2.20. The van der Waals surface area contributed by atoms with E-state index in [-0.39, 0.29) is 12.5 Å².